The molecule has 0 bridgehead atoms. The van der Waals surface area contributed by atoms with Crippen LogP contribution in [-0.2, 0) is 19.2 Å². The smallest absolute Gasteiger partial charge is 0.306 e. The van der Waals surface area contributed by atoms with E-state index in [0.29, 0.717) is 32.1 Å². The average Bonchev–Trinajstić information content (AvgIpc) is 2.48. The highest BCUT2D eigenvalue weighted by molar-refractivity contribution is 6.01. The number of carboxylic acid groups (broad SMARTS) is 1. The fourth-order valence-corrected chi connectivity index (χ4v) is 2.99. The van der Waals surface area contributed by atoms with Crippen LogP contribution in [0, 0.1) is 11.8 Å². The minimum absolute atomic E-state index is 0.232. The Kier molecular flexibility index (Phi) is 4.59. The Morgan fingerprint density at radius 1 is 1.19 bits per heavy atom. The molecule has 116 valence electrons. The van der Waals surface area contributed by atoms with Crippen LogP contribution in [0.5, 0.6) is 0 Å². The zero-order valence-corrected chi connectivity index (χ0v) is 12.0. The topological polar surface area (TPSA) is 104 Å². The molecule has 3 amide bonds. The third kappa shape index (κ3) is 3.40. The van der Waals surface area contributed by atoms with Gasteiger partial charge in [-0.15, -0.1) is 0 Å². The molecule has 2 fully saturated rings. The van der Waals surface area contributed by atoms with Crippen molar-refractivity contribution in [2.75, 3.05) is 7.05 Å². The van der Waals surface area contributed by atoms with E-state index in [1.165, 1.54) is 7.05 Å². The maximum Gasteiger partial charge on any atom is 0.306 e. The molecule has 0 spiro atoms. The van der Waals surface area contributed by atoms with E-state index in [9.17, 15) is 19.2 Å². The Labute approximate surface area is 122 Å². The van der Waals surface area contributed by atoms with Crippen LogP contribution in [0.1, 0.15) is 38.5 Å². The molecule has 1 aliphatic heterocycles. The van der Waals surface area contributed by atoms with Gasteiger partial charge in [0.1, 0.15) is 6.04 Å². The minimum atomic E-state index is -0.869. The highest BCUT2D eigenvalue weighted by Crippen LogP contribution is 2.29. The molecule has 0 aromatic rings. The van der Waals surface area contributed by atoms with Gasteiger partial charge in [-0.05, 0) is 25.7 Å². The predicted octanol–water partition coefficient (Wildman–Crippen LogP) is 0.141. The molecule has 21 heavy (non-hydrogen) atoms. The predicted molar refractivity (Wildman–Crippen MR) is 72.0 cm³/mol. The van der Waals surface area contributed by atoms with Crippen molar-refractivity contribution in [1.82, 2.24) is 10.2 Å². The van der Waals surface area contributed by atoms with Gasteiger partial charge in [0.2, 0.25) is 11.8 Å². The minimum Gasteiger partial charge on any atom is -0.481 e. The summed E-state index contributed by atoms with van der Waals surface area (Å²) >= 11 is 0. The molecule has 1 heterocycles. The number of aliphatic carboxylic acids is 1. The van der Waals surface area contributed by atoms with Gasteiger partial charge < -0.3 is 10.4 Å². The van der Waals surface area contributed by atoms with Crippen molar-refractivity contribution >= 4 is 23.7 Å². The van der Waals surface area contributed by atoms with Gasteiger partial charge in [0.25, 0.3) is 5.91 Å². The number of likely N-dealkylation sites (N-methyl/N-ethyl adjacent to an activating group) is 1. The van der Waals surface area contributed by atoms with Crippen molar-refractivity contribution in [2.45, 2.75) is 44.6 Å². The van der Waals surface area contributed by atoms with E-state index >= 15 is 0 Å². The fourth-order valence-electron chi connectivity index (χ4n) is 2.99. The molecule has 1 saturated heterocycles. The standard InChI is InChI=1S/C14H20N2O5/c1-16-11(17)6-5-10(13(16)19)15-12(18)8-3-2-4-9(7-8)14(20)21/h8-10H,2-7H2,1H3,(H,15,18)(H,20,21). The van der Waals surface area contributed by atoms with Gasteiger partial charge >= 0.3 is 5.97 Å². The van der Waals surface area contributed by atoms with Gasteiger partial charge in [0, 0.05) is 19.4 Å². The van der Waals surface area contributed by atoms with E-state index in [4.69, 9.17) is 5.11 Å². The second kappa shape index (κ2) is 6.24. The lowest BCUT2D eigenvalue weighted by molar-refractivity contribution is -0.150. The Balaban J connectivity index is 1.93. The normalized spacial score (nSPS) is 30.1. The number of carbonyl (C=O) groups is 4. The Morgan fingerprint density at radius 2 is 1.86 bits per heavy atom. The van der Waals surface area contributed by atoms with Crippen LogP contribution in [0.15, 0.2) is 0 Å². The summed E-state index contributed by atoms with van der Waals surface area (Å²) in [5.74, 6) is -2.63. The first-order chi connectivity index (χ1) is 9.90. The van der Waals surface area contributed by atoms with E-state index in [2.05, 4.69) is 5.32 Å². The zero-order chi connectivity index (χ0) is 15.6. The molecule has 7 heteroatoms. The molecule has 1 saturated carbocycles. The van der Waals surface area contributed by atoms with Gasteiger partial charge in [0.15, 0.2) is 0 Å². The van der Waals surface area contributed by atoms with Crippen molar-refractivity contribution in [3.63, 3.8) is 0 Å². The zero-order valence-electron chi connectivity index (χ0n) is 12.0. The van der Waals surface area contributed by atoms with E-state index in [0.717, 1.165) is 4.90 Å². The molecule has 0 radical (unpaired) electrons. The summed E-state index contributed by atoms with van der Waals surface area (Å²) in [4.78, 5) is 47.6. The van der Waals surface area contributed by atoms with Gasteiger partial charge in [-0.3, -0.25) is 24.1 Å². The Morgan fingerprint density at radius 3 is 2.52 bits per heavy atom. The third-order valence-corrected chi connectivity index (χ3v) is 4.36. The summed E-state index contributed by atoms with van der Waals surface area (Å²) < 4.78 is 0. The molecule has 2 N–H and O–H groups in total. The molecule has 1 aliphatic carbocycles. The molecule has 0 aromatic heterocycles. The van der Waals surface area contributed by atoms with E-state index in [1.807, 2.05) is 0 Å². The van der Waals surface area contributed by atoms with E-state index in [-0.39, 0.29) is 24.2 Å². The highest BCUT2D eigenvalue weighted by atomic mass is 16.4. The molecule has 3 unspecified atom stereocenters. The number of nitrogens with zero attached hydrogens (tertiary/aromatic N) is 1. The summed E-state index contributed by atoms with van der Waals surface area (Å²) in [6.45, 7) is 0. The summed E-state index contributed by atoms with van der Waals surface area (Å²) in [6.07, 6.45) is 2.80. The van der Waals surface area contributed by atoms with Crippen molar-refractivity contribution in [3.8, 4) is 0 Å². The van der Waals surface area contributed by atoms with Crippen LogP contribution < -0.4 is 5.32 Å². The molecule has 0 aromatic carbocycles. The molecular weight excluding hydrogens is 276 g/mol. The quantitative estimate of drug-likeness (QED) is 0.721. The number of hydrogen-bond donors (Lipinski definition) is 2. The van der Waals surface area contributed by atoms with Gasteiger partial charge in [0.05, 0.1) is 5.92 Å². The van der Waals surface area contributed by atoms with Crippen molar-refractivity contribution in [3.05, 3.63) is 0 Å². The van der Waals surface area contributed by atoms with E-state index in [1.54, 1.807) is 0 Å². The first-order valence-electron chi connectivity index (χ1n) is 7.23. The number of likely N-dealkylation sites (tertiary alicyclic amines) is 1. The van der Waals surface area contributed by atoms with Crippen molar-refractivity contribution in [1.29, 1.82) is 0 Å². The van der Waals surface area contributed by atoms with Crippen molar-refractivity contribution in [2.24, 2.45) is 11.8 Å². The van der Waals surface area contributed by atoms with E-state index < -0.39 is 23.8 Å². The number of amides is 3. The number of carboxylic acids is 1. The Hall–Kier alpha value is -1.92. The van der Waals surface area contributed by atoms with Crippen molar-refractivity contribution < 1.29 is 24.3 Å². The molecule has 2 rings (SSSR count). The third-order valence-electron chi connectivity index (χ3n) is 4.36. The average molecular weight is 296 g/mol. The number of imide groups is 1. The first kappa shape index (κ1) is 15.5. The lowest BCUT2D eigenvalue weighted by Crippen LogP contribution is -2.54. The second-order valence-corrected chi connectivity index (χ2v) is 5.79. The van der Waals surface area contributed by atoms with Gasteiger partial charge in [-0.1, -0.05) is 6.42 Å². The van der Waals surface area contributed by atoms with Crippen LogP contribution in [0.25, 0.3) is 0 Å². The second-order valence-electron chi connectivity index (χ2n) is 5.79. The lowest BCUT2D eigenvalue weighted by atomic mass is 9.81. The molecule has 7 nitrogen and oxygen atoms in total. The monoisotopic (exact) mass is 296 g/mol. The molecular formula is C14H20N2O5. The maximum atomic E-state index is 12.2. The lowest BCUT2D eigenvalue weighted by Gasteiger charge is -2.31. The van der Waals surface area contributed by atoms with Crippen LogP contribution in [0.3, 0.4) is 0 Å². The van der Waals surface area contributed by atoms with Crippen LogP contribution in [-0.4, -0.2) is 46.8 Å². The number of carbonyl (C=O) groups excluding carboxylic acids is 3. The highest BCUT2D eigenvalue weighted by Gasteiger charge is 2.36. The number of piperidine rings is 1. The first-order valence-corrected chi connectivity index (χ1v) is 7.23. The van der Waals surface area contributed by atoms with Crippen LogP contribution in [0.4, 0.5) is 0 Å². The van der Waals surface area contributed by atoms with Gasteiger partial charge in [-0.25, -0.2) is 0 Å². The summed E-state index contributed by atoms with van der Waals surface area (Å²) in [5.41, 5.74) is 0. The summed E-state index contributed by atoms with van der Waals surface area (Å²) in [7, 11) is 1.41. The molecule has 2 aliphatic rings. The van der Waals surface area contributed by atoms with Crippen LogP contribution >= 0.6 is 0 Å². The van der Waals surface area contributed by atoms with Crippen LogP contribution in [0.2, 0.25) is 0 Å². The largest absolute Gasteiger partial charge is 0.481 e. The maximum absolute atomic E-state index is 12.2. The molecule has 3 atom stereocenters. The summed E-state index contributed by atoms with van der Waals surface area (Å²) in [6, 6.07) is -0.676. The summed E-state index contributed by atoms with van der Waals surface area (Å²) in [5, 5.41) is 11.7. The Bertz CT molecular complexity index is 476. The number of hydrogen-bond acceptors (Lipinski definition) is 4. The number of rotatable bonds is 3. The fraction of sp³-hybridized carbons (Fsp3) is 0.714. The van der Waals surface area contributed by atoms with Gasteiger partial charge in [-0.2, -0.15) is 0 Å². The SMILES string of the molecule is CN1C(=O)CCC(NC(=O)C2CCCC(C(=O)O)C2)C1=O. The number of nitrogens with one attached hydrogen (secondary N) is 1.